The van der Waals surface area contributed by atoms with Gasteiger partial charge in [-0.15, -0.1) is 11.3 Å². The Kier molecular flexibility index (Phi) is 6.82. The molecule has 0 aliphatic heterocycles. The van der Waals surface area contributed by atoms with E-state index >= 15 is 0 Å². The highest BCUT2D eigenvalue weighted by Gasteiger charge is 2.27. The van der Waals surface area contributed by atoms with Crippen LogP contribution in [-0.2, 0) is 16.1 Å². The largest absolute Gasteiger partial charge is 0.484 e. The number of likely N-dealkylation sites (N-methyl/N-ethyl adjacent to an activating group) is 1. The number of hydrogen-bond acceptors (Lipinski definition) is 5. The number of carbonyl (C=O) groups is 2. The van der Waals surface area contributed by atoms with Crippen molar-refractivity contribution in [3.63, 3.8) is 0 Å². The van der Waals surface area contributed by atoms with Crippen molar-refractivity contribution in [2.24, 2.45) is 5.92 Å². The van der Waals surface area contributed by atoms with Crippen LogP contribution in [0.1, 0.15) is 18.9 Å². The minimum absolute atomic E-state index is 0.0546. The molecule has 1 N–H and O–H groups in total. The summed E-state index contributed by atoms with van der Waals surface area (Å²) in [6, 6.07) is 16.4. The predicted molar refractivity (Wildman–Crippen MR) is 115 cm³/mol. The molecule has 1 aromatic heterocycles. The summed E-state index contributed by atoms with van der Waals surface area (Å²) in [7, 11) is 1.73. The van der Waals surface area contributed by atoms with E-state index in [4.69, 9.17) is 4.74 Å². The molecule has 3 rings (SSSR count). The quantitative estimate of drug-likeness (QED) is 0.616. The van der Waals surface area contributed by atoms with Gasteiger partial charge in [0, 0.05) is 7.05 Å². The number of aromatic nitrogens is 1. The third-order valence-corrected chi connectivity index (χ3v) is 5.47. The minimum atomic E-state index is -0.624. The van der Waals surface area contributed by atoms with Gasteiger partial charge in [-0.2, -0.15) is 0 Å². The lowest BCUT2D eigenvalue weighted by atomic mass is 10.0. The number of rotatable bonds is 8. The van der Waals surface area contributed by atoms with Crippen LogP contribution in [0, 0.1) is 5.92 Å². The number of benzene rings is 2. The van der Waals surface area contributed by atoms with Crippen LogP contribution in [0.2, 0.25) is 0 Å². The van der Waals surface area contributed by atoms with E-state index < -0.39 is 6.04 Å². The van der Waals surface area contributed by atoms with Crippen LogP contribution in [0.5, 0.6) is 5.75 Å². The van der Waals surface area contributed by atoms with Crippen LogP contribution >= 0.6 is 11.3 Å². The van der Waals surface area contributed by atoms with E-state index in [1.54, 1.807) is 35.4 Å². The maximum Gasteiger partial charge on any atom is 0.258 e. The third kappa shape index (κ3) is 5.54. The van der Waals surface area contributed by atoms with Gasteiger partial charge in [-0.1, -0.05) is 44.2 Å². The second-order valence-corrected chi connectivity index (χ2v) is 8.28. The summed E-state index contributed by atoms with van der Waals surface area (Å²) >= 11 is 1.57. The van der Waals surface area contributed by atoms with Gasteiger partial charge in [0.15, 0.2) is 6.61 Å². The molecule has 29 heavy (non-hydrogen) atoms. The highest BCUT2D eigenvalue weighted by Crippen LogP contribution is 2.22. The second kappa shape index (κ2) is 9.52. The van der Waals surface area contributed by atoms with Crippen LogP contribution in [0.4, 0.5) is 0 Å². The van der Waals surface area contributed by atoms with Crippen LogP contribution in [-0.4, -0.2) is 41.4 Å². The second-order valence-electron chi connectivity index (χ2n) is 7.16. The fourth-order valence-electron chi connectivity index (χ4n) is 2.90. The molecule has 0 aliphatic rings. The van der Waals surface area contributed by atoms with Crippen molar-refractivity contribution in [3.8, 4) is 5.75 Å². The van der Waals surface area contributed by atoms with E-state index in [-0.39, 0.29) is 24.3 Å². The number of para-hydroxylation sites is 2. The van der Waals surface area contributed by atoms with E-state index in [9.17, 15) is 9.59 Å². The summed E-state index contributed by atoms with van der Waals surface area (Å²) in [6.07, 6.45) is 0. The van der Waals surface area contributed by atoms with Gasteiger partial charge in [-0.05, 0) is 30.2 Å². The average Bonchev–Trinajstić information content (AvgIpc) is 3.12. The van der Waals surface area contributed by atoms with E-state index in [2.05, 4.69) is 10.3 Å². The lowest BCUT2D eigenvalue weighted by Gasteiger charge is -2.26. The van der Waals surface area contributed by atoms with Gasteiger partial charge < -0.3 is 15.0 Å². The van der Waals surface area contributed by atoms with Gasteiger partial charge >= 0.3 is 0 Å². The Morgan fingerprint density at radius 1 is 1.10 bits per heavy atom. The van der Waals surface area contributed by atoms with E-state index in [1.807, 2.05) is 56.3 Å². The van der Waals surface area contributed by atoms with Crippen LogP contribution < -0.4 is 10.1 Å². The maximum absolute atomic E-state index is 13.0. The molecule has 2 aromatic carbocycles. The highest BCUT2D eigenvalue weighted by atomic mass is 32.1. The average molecular weight is 412 g/mol. The van der Waals surface area contributed by atoms with E-state index in [1.165, 1.54) is 0 Å². The summed E-state index contributed by atoms with van der Waals surface area (Å²) in [5.41, 5.74) is 0.931. The fraction of sp³-hybridized carbons (Fsp3) is 0.318. The van der Waals surface area contributed by atoms with Crippen LogP contribution in [0.3, 0.4) is 0 Å². The highest BCUT2D eigenvalue weighted by molar-refractivity contribution is 7.18. The van der Waals surface area contributed by atoms with Crippen molar-refractivity contribution in [2.75, 3.05) is 13.7 Å². The topological polar surface area (TPSA) is 71.5 Å². The molecule has 7 heteroatoms. The predicted octanol–water partition coefficient (Wildman–Crippen LogP) is 3.47. The van der Waals surface area contributed by atoms with Gasteiger partial charge in [0.2, 0.25) is 5.91 Å². The molecule has 0 bridgehead atoms. The Labute approximate surface area is 174 Å². The first-order valence-electron chi connectivity index (χ1n) is 9.50. The normalized spacial score (nSPS) is 12.0. The number of nitrogens with zero attached hydrogens (tertiary/aromatic N) is 2. The molecular formula is C22H25N3O3S. The number of nitrogens with one attached hydrogen (secondary N) is 1. The smallest absolute Gasteiger partial charge is 0.258 e. The monoisotopic (exact) mass is 411 g/mol. The molecule has 1 atom stereocenters. The van der Waals surface area contributed by atoms with Gasteiger partial charge in [0.05, 0.1) is 16.8 Å². The molecule has 0 radical (unpaired) electrons. The van der Waals surface area contributed by atoms with Crippen LogP contribution in [0.25, 0.3) is 10.2 Å². The fourth-order valence-corrected chi connectivity index (χ4v) is 3.92. The first-order valence-corrected chi connectivity index (χ1v) is 10.3. The van der Waals surface area contributed by atoms with Crippen molar-refractivity contribution in [1.82, 2.24) is 15.2 Å². The molecule has 3 aromatic rings. The Morgan fingerprint density at radius 3 is 2.48 bits per heavy atom. The molecule has 0 saturated carbocycles. The number of amides is 2. The molecule has 1 heterocycles. The Hall–Kier alpha value is -2.93. The molecule has 0 saturated heterocycles. The van der Waals surface area contributed by atoms with Gasteiger partial charge in [-0.25, -0.2) is 4.98 Å². The van der Waals surface area contributed by atoms with Crippen molar-refractivity contribution in [2.45, 2.75) is 26.4 Å². The Balaban J connectivity index is 1.59. The van der Waals surface area contributed by atoms with Crippen molar-refractivity contribution >= 4 is 33.4 Å². The molecular weight excluding hydrogens is 386 g/mol. The standard InChI is InChI=1S/C22H25N3O3S/c1-15(2)21(24-19(26)14-28-16-9-5-4-6-10-16)22(27)25(3)13-20-23-17-11-7-8-12-18(17)29-20/h4-12,15,21H,13-14H2,1-3H3,(H,24,26)/t21-/m0/s1. The maximum atomic E-state index is 13.0. The number of carbonyl (C=O) groups excluding carboxylic acids is 2. The van der Waals surface area contributed by atoms with Crippen molar-refractivity contribution < 1.29 is 14.3 Å². The lowest BCUT2D eigenvalue weighted by Crippen LogP contribution is -2.51. The zero-order chi connectivity index (χ0) is 20.8. The summed E-state index contributed by atoms with van der Waals surface area (Å²) in [4.78, 5) is 31.5. The molecule has 152 valence electrons. The zero-order valence-electron chi connectivity index (χ0n) is 16.8. The first kappa shape index (κ1) is 20.8. The number of fused-ring (bicyclic) bond motifs is 1. The van der Waals surface area contributed by atoms with Gasteiger partial charge in [0.1, 0.15) is 16.8 Å². The third-order valence-electron chi connectivity index (χ3n) is 4.45. The Morgan fingerprint density at radius 2 is 1.79 bits per heavy atom. The number of thiazole rings is 1. The van der Waals surface area contributed by atoms with Crippen LogP contribution in [0.15, 0.2) is 54.6 Å². The van der Waals surface area contributed by atoms with E-state index in [0.29, 0.717) is 12.3 Å². The molecule has 0 aliphatic carbocycles. The van der Waals surface area contributed by atoms with Gasteiger partial charge in [-0.3, -0.25) is 9.59 Å². The Bertz CT molecular complexity index is 939. The number of hydrogen-bond donors (Lipinski definition) is 1. The summed E-state index contributed by atoms with van der Waals surface area (Å²) in [5.74, 6) is 0.0885. The summed E-state index contributed by atoms with van der Waals surface area (Å²) in [5, 5.41) is 3.67. The van der Waals surface area contributed by atoms with Crippen molar-refractivity contribution in [1.29, 1.82) is 0 Å². The summed E-state index contributed by atoms with van der Waals surface area (Å²) in [6.45, 7) is 4.08. The molecule has 6 nitrogen and oxygen atoms in total. The van der Waals surface area contributed by atoms with E-state index in [0.717, 1.165) is 15.2 Å². The zero-order valence-corrected chi connectivity index (χ0v) is 17.6. The molecule has 2 amide bonds. The molecule has 0 spiro atoms. The SMILES string of the molecule is CC(C)[C@H](NC(=O)COc1ccccc1)C(=O)N(C)Cc1nc2ccccc2s1. The molecule has 0 unspecified atom stereocenters. The molecule has 0 fully saturated rings. The van der Waals surface area contributed by atoms with Gasteiger partial charge in [0.25, 0.3) is 5.91 Å². The lowest BCUT2D eigenvalue weighted by molar-refractivity contribution is -0.137. The van der Waals surface area contributed by atoms with Crippen molar-refractivity contribution in [3.05, 3.63) is 59.6 Å². The number of ether oxygens (including phenoxy) is 1. The minimum Gasteiger partial charge on any atom is -0.484 e. The summed E-state index contributed by atoms with van der Waals surface area (Å²) < 4.78 is 6.57. The first-order chi connectivity index (χ1) is 13.9.